The smallest absolute Gasteiger partial charge is 0.137 e. The first-order valence-electron chi connectivity index (χ1n) is 19.8. The van der Waals surface area contributed by atoms with Gasteiger partial charge in [0.1, 0.15) is 11.2 Å². The van der Waals surface area contributed by atoms with Crippen LogP contribution in [0.2, 0.25) is 0 Å². The highest BCUT2D eigenvalue weighted by Gasteiger charge is 2.34. The van der Waals surface area contributed by atoms with Crippen LogP contribution in [0.15, 0.2) is 242 Å². The molecule has 12 rings (SSSR count). The summed E-state index contributed by atoms with van der Waals surface area (Å²) in [6.07, 6.45) is 0. The minimum atomic E-state index is -2.01. The number of fused-ring (bicyclic) bond motifs is 10. The van der Waals surface area contributed by atoms with Crippen LogP contribution < -0.4 is 0 Å². The summed E-state index contributed by atoms with van der Waals surface area (Å²) in [5, 5.41) is 7.22. The van der Waals surface area contributed by atoms with Gasteiger partial charge in [0.25, 0.3) is 0 Å². The lowest BCUT2D eigenvalue weighted by Crippen LogP contribution is -2.06. The van der Waals surface area contributed by atoms with Gasteiger partial charge in [0.2, 0.25) is 0 Å². The van der Waals surface area contributed by atoms with Crippen molar-refractivity contribution >= 4 is 75.6 Å². The van der Waals surface area contributed by atoms with Crippen molar-refractivity contribution < 1.29 is 4.42 Å². The maximum atomic E-state index is 6.47. The molecule has 3 nitrogen and oxygen atoms in total. The summed E-state index contributed by atoms with van der Waals surface area (Å²) in [7, 11) is -2.01. The summed E-state index contributed by atoms with van der Waals surface area (Å²) in [5.74, 6) is 0. The SMILES string of the molecule is c1ccc(S(c2ccccc2)(c2ccc(-n3c4ccccc4c4ccccc43)cc2)c2cccc(-n3c4ccccc4c4ccc5oc6ccccc6c5c43)c2)cc1. The molecule has 0 N–H and O–H groups in total. The van der Waals surface area contributed by atoms with E-state index in [4.69, 9.17) is 4.42 Å². The van der Waals surface area contributed by atoms with Crippen molar-refractivity contribution in [2.24, 2.45) is 0 Å². The maximum absolute atomic E-state index is 6.47. The van der Waals surface area contributed by atoms with Gasteiger partial charge in [0, 0.05) is 57.9 Å². The molecule has 12 aromatic rings. The molecule has 3 heterocycles. The Balaban J connectivity index is 1.14. The Kier molecular flexibility index (Phi) is 7.31. The van der Waals surface area contributed by atoms with Gasteiger partial charge in [0.05, 0.1) is 27.5 Å². The Morgan fingerprint density at radius 2 is 0.810 bits per heavy atom. The molecule has 0 aliphatic carbocycles. The number of rotatable bonds is 6. The predicted molar refractivity (Wildman–Crippen MR) is 242 cm³/mol. The van der Waals surface area contributed by atoms with Crippen LogP contribution in [0.5, 0.6) is 0 Å². The summed E-state index contributed by atoms with van der Waals surface area (Å²) in [4.78, 5) is 5.11. The van der Waals surface area contributed by atoms with Crippen molar-refractivity contribution in [3.8, 4) is 11.4 Å². The van der Waals surface area contributed by atoms with Crippen molar-refractivity contribution in [1.29, 1.82) is 0 Å². The van der Waals surface area contributed by atoms with E-state index in [0.717, 1.165) is 38.8 Å². The Labute approximate surface area is 336 Å². The van der Waals surface area contributed by atoms with E-state index < -0.39 is 10.0 Å². The quantitative estimate of drug-likeness (QED) is 0.166. The van der Waals surface area contributed by atoms with E-state index in [-0.39, 0.29) is 0 Å². The van der Waals surface area contributed by atoms with E-state index in [1.165, 1.54) is 57.7 Å². The van der Waals surface area contributed by atoms with Crippen LogP contribution in [0.25, 0.3) is 76.9 Å². The van der Waals surface area contributed by atoms with Gasteiger partial charge < -0.3 is 13.6 Å². The molecule has 0 bridgehead atoms. The van der Waals surface area contributed by atoms with Crippen molar-refractivity contribution in [3.05, 3.63) is 218 Å². The predicted octanol–water partition coefficient (Wildman–Crippen LogP) is 15.1. The van der Waals surface area contributed by atoms with Crippen LogP contribution >= 0.6 is 10.0 Å². The highest BCUT2D eigenvalue weighted by atomic mass is 32.3. The van der Waals surface area contributed by atoms with Gasteiger partial charge in [-0.3, -0.25) is 0 Å². The molecular weight excluding hydrogens is 725 g/mol. The van der Waals surface area contributed by atoms with Crippen molar-refractivity contribution in [1.82, 2.24) is 9.13 Å². The number of nitrogens with zero attached hydrogens (tertiary/aromatic N) is 2. The second-order valence-electron chi connectivity index (χ2n) is 14.9. The molecule has 0 spiro atoms. The van der Waals surface area contributed by atoms with Gasteiger partial charge in [-0.05, 0) is 103 Å². The topological polar surface area (TPSA) is 23.0 Å². The third-order valence-corrected chi connectivity index (χ3v) is 15.7. The number of aromatic nitrogens is 2. The molecule has 0 aliphatic heterocycles. The van der Waals surface area contributed by atoms with Crippen LogP contribution in [0.1, 0.15) is 0 Å². The fraction of sp³-hybridized carbons (Fsp3) is 0. The molecule has 58 heavy (non-hydrogen) atoms. The summed E-state index contributed by atoms with van der Waals surface area (Å²) in [5.41, 5.74) is 8.80. The van der Waals surface area contributed by atoms with E-state index in [2.05, 4.69) is 221 Å². The van der Waals surface area contributed by atoms with E-state index >= 15 is 0 Å². The Morgan fingerprint density at radius 3 is 1.45 bits per heavy atom. The molecule has 0 unspecified atom stereocenters. The lowest BCUT2D eigenvalue weighted by atomic mass is 10.1. The summed E-state index contributed by atoms with van der Waals surface area (Å²) in [6.45, 7) is 0. The molecule has 0 aliphatic rings. The molecule has 4 heteroatoms. The molecule has 3 aromatic heterocycles. The average Bonchev–Trinajstić information content (AvgIpc) is 3.96. The number of benzene rings is 9. The first kappa shape index (κ1) is 32.9. The zero-order chi connectivity index (χ0) is 38.2. The van der Waals surface area contributed by atoms with Gasteiger partial charge in [-0.2, -0.15) is 0 Å². The minimum absolute atomic E-state index is 0.894. The first-order valence-corrected chi connectivity index (χ1v) is 21.4. The maximum Gasteiger partial charge on any atom is 0.137 e. The lowest BCUT2D eigenvalue weighted by molar-refractivity contribution is 0.669. The van der Waals surface area contributed by atoms with E-state index in [1.807, 2.05) is 6.07 Å². The van der Waals surface area contributed by atoms with Crippen LogP contribution in [-0.4, -0.2) is 9.13 Å². The number of para-hydroxylation sites is 4. The highest BCUT2D eigenvalue weighted by Crippen LogP contribution is 2.73. The Morgan fingerprint density at radius 1 is 0.310 bits per heavy atom. The first-order chi connectivity index (χ1) is 28.8. The molecule has 0 atom stereocenters. The third-order valence-electron chi connectivity index (χ3n) is 11.8. The van der Waals surface area contributed by atoms with Gasteiger partial charge in [0.15, 0.2) is 0 Å². The Bertz CT molecular complexity index is 3410. The molecule has 0 fully saturated rings. The second-order valence-corrected chi connectivity index (χ2v) is 18.0. The highest BCUT2D eigenvalue weighted by molar-refractivity contribution is 8.34. The van der Waals surface area contributed by atoms with Gasteiger partial charge in [-0.25, -0.2) is 0 Å². The van der Waals surface area contributed by atoms with Crippen molar-refractivity contribution in [2.45, 2.75) is 19.6 Å². The largest absolute Gasteiger partial charge is 0.456 e. The Hall–Kier alpha value is -7.27. The molecule has 0 saturated heterocycles. The van der Waals surface area contributed by atoms with Crippen LogP contribution in [0, 0.1) is 0 Å². The van der Waals surface area contributed by atoms with E-state index in [1.54, 1.807) is 0 Å². The second kappa shape index (κ2) is 12.9. The molecule has 274 valence electrons. The van der Waals surface area contributed by atoms with Gasteiger partial charge >= 0.3 is 0 Å². The summed E-state index contributed by atoms with van der Waals surface area (Å²) < 4.78 is 11.3. The molecule has 0 radical (unpaired) electrons. The number of hydrogen-bond donors (Lipinski definition) is 0. The average molecular weight is 761 g/mol. The molecule has 9 aromatic carbocycles. The molecule has 0 amide bonds. The van der Waals surface area contributed by atoms with Crippen molar-refractivity contribution in [2.75, 3.05) is 0 Å². The fourth-order valence-corrected chi connectivity index (χ4v) is 13.3. The van der Waals surface area contributed by atoms with Crippen molar-refractivity contribution in [3.63, 3.8) is 0 Å². The summed E-state index contributed by atoms with van der Waals surface area (Å²) in [6, 6.07) is 79.9. The molecule has 0 saturated carbocycles. The standard InChI is InChI=1S/C54H36N2OS/c1-3-17-39(18-4-1)58(40-19-5-2-6-20-40,41-32-30-37(31-33-41)55-48-26-11-7-22-43(48)44-23-8-12-27-49(44)55)42-21-15-16-38(36-42)56-50-28-13-9-24-45(50)46-34-35-52-53(54(46)56)47-25-10-14-29-51(47)57-52/h1-36H. The molecular formula is C54H36N2OS. The van der Waals surface area contributed by atoms with Crippen LogP contribution in [-0.2, 0) is 0 Å². The zero-order valence-corrected chi connectivity index (χ0v) is 32.3. The van der Waals surface area contributed by atoms with Crippen LogP contribution in [0.3, 0.4) is 0 Å². The minimum Gasteiger partial charge on any atom is -0.456 e. The fourth-order valence-electron chi connectivity index (χ4n) is 9.41. The lowest BCUT2D eigenvalue weighted by Gasteiger charge is -2.42. The van der Waals surface area contributed by atoms with Gasteiger partial charge in [-0.15, -0.1) is 10.0 Å². The van der Waals surface area contributed by atoms with Gasteiger partial charge in [-0.1, -0.05) is 115 Å². The zero-order valence-electron chi connectivity index (χ0n) is 31.5. The van der Waals surface area contributed by atoms with E-state index in [9.17, 15) is 0 Å². The monoisotopic (exact) mass is 760 g/mol. The number of hydrogen-bond acceptors (Lipinski definition) is 1. The third kappa shape index (κ3) is 4.70. The van der Waals surface area contributed by atoms with E-state index in [0.29, 0.717) is 0 Å². The van der Waals surface area contributed by atoms with Crippen LogP contribution in [0.4, 0.5) is 0 Å². The normalized spacial score (nSPS) is 12.4. The number of furan rings is 1. The summed E-state index contributed by atoms with van der Waals surface area (Å²) >= 11 is 0.